The topological polar surface area (TPSA) is 41.5 Å². The Morgan fingerprint density at radius 1 is 1.06 bits per heavy atom. The Morgan fingerprint density at radius 3 is 2.33 bits per heavy atom. The zero-order chi connectivity index (χ0) is 12.8. The van der Waals surface area contributed by atoms with Crippen molar-refractivity contribution >= 4 is 23.5 Å². The third-order valence-electron chi connectivity index (χ3n) is 2.35. The van der Waals surface area contributed by atoms with Crippen molar-refractivity contribution in [3.8, 4) is 0 Å². The van der Waals surface area contributed by atoms with Gasteiger partial charge >= 0.3 is 0 Å². The monoisotopic (exact) mass is 238 g/mol. The lowest BCUT2D eigenvalue weighted by Gasteiger charge is -2.01. The number of benzene rings is 2. The zero-order valence-electron chi connectivity index (χ0n) is 10.1. The molecule has 0 atom stereocenters. The lowest BCUT2D eigenvalue weighted by Crippen LogP contribution is -2.04. The van der Waals surface area contributed by atoms with Crippen LogP contribution in [0.2, 0.25) is 0 Å². The molecular weight excluding hydrogens is 224 g/mol. The summed E-state index contributed by atoms with van der Waals surface area (Å²) >= 11 is 0. The maximum atomic E-state index is 10.9. The Kier molecular flexibility index (Phi) is 3.86. The van der Waals surface area contributed by atoms with Gasteiger partial charge in [-0.1, -0.05) is 30.3 Å². The van der Waals surface area contributed by atoms with E-state index in [1.807, 2.05) is 60.8 Å². The summed E-state index contributed by atoms with van der Waals surface area (Å²) in [6.45, 7) is 1.49. The van der Waals surface area contributed by atoms with Crippen LogP contribution >= 0.6 is 0 Å². The number of carbonyl (C=O) groups is 1. The van der Waals surface area contributed by atoms with E-state index in [9.17, 15) is 4.79 Å². The number of hydrogen-bond acceptors (Lipinski definition) is 2. The van der Waals surface area contributed by atoms with Crippen LogP contribution in [0.5, 0.6) is 0 Å². The van der Waals surface area contributed by atoms with Crippen molar-refractivity contribution in [1.29, 1.82) is 0 Å². The smallest absolute Gasteiger partial charge is 0.221 e. The number of hydrogen-bond donors (Lipinski definition) is 1. The van der Waals surface area contributed by atoms with E-state index in [1.165, 1.54) is 6.92 Å². The van der Waals surface area contributed by atoms with Gasteiger partial charge in [0.2, 0.25) is 5.91 Å². The Morgan fingerprint density at radius 2 is 1.72 bits per heavy atom. The van der Waals surface area contributed by atoms with Gasteiger partial charge in [0, 0.05) is 18.8 Å². The van der Waals surface area contributed by atoms with Crippen LogP contribution < -0.4 is 5.32 Å². The average molecular weight is 238 g/mol. The van der Waals surface area contributed by atoms with Gasteiger partial charge in [-0.25, -0.2) is 0 Å². The molecule has 0 saturated carbocycles. The van der Waals surface area contributed by atoms with E-state index in [0.29, 0.717) is 0 Å². The van der Waals surface area contributed by atoms with Crippen LogP contribution in [0, 0.1) is 0 Å². The molecule has 0 aromatic heterocycles. The quantitative estimate of drug-likeness (QED) is 0.818. The molecule has 2 aromatic carbocycles. The molecule has 3 nitrogen and oxygen atoms in total. The first kappa shape index (κ1) is 12.0. The van der Waals surface area contributed by atoms with Crippen LogP contribution in [-0.4, -0.2) is 12.1 Å². The van der Waals surface area contributed by atoms with Gasteiger partial charge in [0.05, 0.1) is 5.69 Å². The molecule has 0 unspecified atom stereocenters. The molecule has 0 fully saturated rings. The molecule has 0 aliphatic rings. The predicted octanol–water partition coefficient (Wildman–Crippen LogP) is 3.40. The van der Waals surface area contributed by atoms with Crippen LogP contribution in [-0.2, 0) is 4.79 Å². The second-order valence-electron chi connectivity index (χ2n) is 3.90. The molecule has 18 heavy (non-hydrogen) atoms. The zero-order valence-corrected chi connectivity index (χ0v) is 10.1. The van der Waals surface area contributed by atoms with Crippen LogP contribution in [0.25, 0.3) is 0 Å². The van der Waals surface area contributed by atoms with Crippen molar-refractivity contribution in [1.82, 2.24) is 0 Å². The molecule has 0 heterocycles. The van der Waals surface area contributed by atoms with Gasteiger partial charge in [0.25, 0.3) is 0 Å². The molecular formula is C15H14N2O. The number of nitrogens with zero attached hydrogens (tertiary/aromatic N) is 1. The maximum absolute atomic E-state index is 10.9. The fraction of sp³-hybridized carbons (Fsp3) is 0.0667. The van der Waals surface area contributed by atoms with Gasteiger partial charge in [0.1, 0.15) is 0 Å². The number of amides is 1. The van der Waals surface area contributed by atoms with E-state index >= 15 is 0 Å². The lowest BCUT2D eigenvalue weighted by molar-refractivity contribution is -0.114. The summed E-state index contributed by atoms with van der Waals surface area (Å²) in [5.74, 6) is -0.0736. The van der Waals surface area contributed by atoms with E-state index < -0.39 is 0 Å². The molecule has 1 amide bonds. The minimum absolute atomic E-state index is 0.0736. The average Bonchev–Trinajstić information content (AvgIpc) is 2.38. The van der Waals surface area contributed by atoms with Gasteiger partial charge < -0.3 is 5.32 Å². The minimum Gasteiger partial charge on any atom is -0.326 e. The molecule has 2 aromatic rings. The minimum atomic E-state index is -0.0736. The lowest BCUT2D eigenvalue weighted by atomic mass is 10.2. The third kappa shape index (κ3) is 3.56. The van der Waals surface area contributed by atoms with Gasteiger partial charge in [-0.05, 0) is 29.8 Å². The van der Waals surface area contributed by atoms with Gasteiger partial charge in [0.15, 0.2) is 0 Å². The summed E-state index contributed by atoms with van der Waals surface area (Å²) in [6.07, 6.45) is 1.81. The van der Waals surface area contributed by atoms with E-state index in [0.717, 1.165) is 16.9 Å². The van der Waals surface area contributed by atoms with Crippen molar-refractivity contribution in [3.63, 3.8) is 0 Å². The highest BCUT2D eigenvalue weighted by atomic mass is 16.1. The van der Waals surface area contributed by atoms with E-state index in [4.69, 9.17) is 0 Å². The number of nitrogens with one attached hydrogen (secondary N) is 1. The summed E-state index contributed by atoms with van der Waals surface area (Å²) in [7, 11) is 0. The summed E-state index contributed by atoms with van der Waals surface area (Å²) in [4.78, 5) is 15.2. The van der Waals surface area contributed by atoms with Crippen molar-refractivity contribution in [2.75, 3.05) is 5.32 Å². The Balaban J connectivity index is 2.06. The highest BCUT2D eigenvalue weighted by Crippen LogP contribution is 2.16. The first-order valence-electron chi connectivity index (χ1n) is 5.71. The van der Waals surface area contributed by atoms with Crippen LogP contribution in [0.4, 0.5) is 11.4 Å². The highest BCUT2D eigenvalue weighted by Gasteiger charge is 1.94. The van der Waals surface area contributed by atoms with Gasteiger partial charge in [-0.2, -0.15) is 0 Å². The van der Waals surface area contributed by atoms with E-state index in [-0.39, 0.29) is 5.91 Å². The van der Waals surface area contributed by atoms with Crippen molar-refractivity contribution in [2.45, 2.75) is 6.92 Å². The largest absolute Gasteiger partial charge is 0.326 e. The normalized spacial score (nSPS) is 10.5. The maximum Gasteiger partial charge on any atom is 0.221 e. The van der Waals surface area contributed by atoms with E-state index in [1.54, 1.807) is 0 Å². The Labute approximate surface area is 106 Å². The summed E-state index contributed by atoms with van der Waals surface area (Å²) in [5.41, 5.74) is 2.69. The van der Waals surface area contributed by atoms with Crippen molar-refractivity contribution < 1.29 is 4.79 Å². The standard InChI is InChI=1S/C15H14N2O/c1-12(18)17-15-9-7-14(8-10-15)16-11-13-5-3-2-4-6-13/h2-11H,1H3,(H,17,18)/b16-11+. The Hall–Kier alpha value is -2.42. The third-order valence-corrected chi connectivity index (χ3v) is 2.35. The molecule has 90 valence electrons. The summed E-state index contributed by atoms with van der Waals surface area (Å²) in [6, 6.07) is 17.3. The number of aliphatic imine (C=N–C) groups is 1. The molecule has 0 aliphatic carbocycles. The Bertz CT molecular complexity index is 544. The summed E-state index contributed by atoms with van der Waals surface area (Å²) < 4.78 is 0. The van der Waals surface area contributed by atoms with Gasteiger partial charge in [-0.15, -0.1) is 0 Å². The highest BCUT2D eigenvalue weighted by molar-refractivity contribution is 5.89. The van der Waals surface area contributed by atoms with Gasteiger partial charge in [-0.3, -0.25) is 9.79 Å². The number of rotatable bonds is 3. The first-order chi connectivity index (χ1) is 8.74. The molecule has 0 saturated heterocycles. The molecule has 0 aliphatic heterocycles. The van der Waals surface area contributed by atoms with Crippen LogP contribution in [0.15, 0.2) is 59.6 Å². The number of carbonyl (C=O) groups excluding carboxylic acids is 1. The number of anilines is 1. The first-order valence-corrected chi connectivity index (χ1v) is 5.71. The van der Waals surface area contributed by atoms with Crippen molar-refractivity contribution in [3.05, 3.63) is 60.2 Å². The second-order valence-corrected chi connectivity index (χ2v) is 3.90. The molecule has 3 heteroatoms. The molecule has 0 radical (unpaired) electrons. The predicted molar refractivity (Wildman–Crippen MR) is 74.4 cm³/mol. The SMILES string of the molecule is CC(=O)Nc1ccc(/N=C/c2ccccc2)cc1. The molecule has 0 spiro atoms. The second kappa shape index (κ2) is 5.77. The fourth-order valence-electron chi connectivity index (χ4n) is 1.52. The van der Waals surface area contributed by atoms with E-state index in [2.05, 4.69) is 10.3 Å². The molecule has 1 N–H and O–H groups in total. The summed E-state index contributed by atoms with van der Waals surface area (Å²) in [5, 5.41) is 2.71. The molecule has 0 bridgehead atoms. The van der Waals surface area contributed by atoms with Crippen LogP contribution in [0.1, 0.15) is 12.5 Å². The fourth-order valence-corrected chi connectivity index (χ4v) is 1.52. The van der Waals surface area contributed by atoms with Crippen LogP contribution in [0.3, 0.4) is 0 Å². The molecule has 2 rings (SSSR count). The van der Waals surface area contributed by atoms with Crippen molar-refractivity contribution in [2.24, 2.45) is 4.99 Å².